The summed E-state index contributed by atoms with van der Waals surface area (Å²) in [5, 5.41) is 10.1. The van der Waals surface area contributed by atoms with Crippen LogP contribution in [-0.2, 0) is 9.53 Å². The van der Waals surface area contributed by atoms with Crippen LogP contribution in [0.25, 0.3) is 0 Å². The summed E-state index contributed by atoms with van der Waals surface area (Å²) in [6, 6.07) is 8.03. The highest BCUT2D eigenvalue weighted by Crippen LogP contribution is 2.47. The summed E-state index contributed by atoms with van der Waals surface area (Å²) >= 11 is 0. The first-order valence-electron chi connectivity index (χ1n) is 9.82. The largest absolute Gasteiger partial charge is 0.481 e. The van der Waals surface area contributed by atoms with E-state index in [1.54, 1.807) is 4.90 Å². The molecular weight excluding hydrogens is 342 g/mol. The molecule has 1 aromatic rings. The first kappa shape index (κ1) is 21.3. The van der Waals surface area contributed by atoms with Gasteiger partial charge in [-0.1, -0.05) is 45.0 Å². The number of carbonyl (C=O) groups excluding carboxylic acids is 1. The van der Waals surface area contributed by atoms with Crippen LogP contribution in [0.3, 0.4) is 0 Å². The predicted molar refractivity (Wildman–Crippen MR) is 106 cm³/mol. The Morgan fingerprint density at radius 2 is 1.93 bits per heavy atom. The van der Waals surface area contributed by atoms with Crippen molar-refractivity contribution in [2.24, 2.45) is 5.41 Å². The molecule has 1 aliphatic heterocycles. The zero-order valence-corrected chi connectivity index (χ0v) is 17.4. The smallest absolute Gasteiger partial charge is 0.410 e. The molecule has 0 radical (unpaired) electrons. The van der Waals surface area contributed by atoms with Crippen LogP contribution in [0.4, 0.5) is 4.79 Å². The second kappa shape index (κ2) is 7.91. The summed E-state index contributed by atoms with van der Waals surface area (Å²) < 4.78 is 5.54. The molecule has 0 saturated carbocycles. The highest BCUT2D eigenvalue weighted by Gasteiger charge is 2.50. The number of hydrogen-bond donors (Lipinski definition) is 1. The summed E-state index contributed by atoms with van der Waals surface area (Å²) in [6.07, 6.45) is 0.584. The van der Waals surface area contributed by atoms with Gasteiger partial charge in [0.05, 0.1) is 5.41 Å². The zero-order valence-electron chi connectivity index (χ0n) is 17.4. The number of rotatable bonds is 4. The van der Waals surface area contributed by atoms with Crippen molar-refractivity contribution in [1.82, 2.24) is 4.90 Å². The van der Waals surface area contributed by atoms with Crippen LogP contribution in [0.2, 0.25) is 0 Å². The Balaban J connectivity index is 2.46. The number of hydrogen-bond acceptors (Lipinski definition) is 3. The van der Waals surface area contributed by atoms with Gasteiger partial charge in [0.1, 0.15) is 5.60 Å². The second-order valence-corrected chi connectivity index (χ2v) is 8.83. The Labute approximate surface area is 162 Å². The molecule has 0 aliphatic carbocycles. The third kappa shape index (κ3) is 4.45. The van der Waals surface area contributed by atoms with E-state index in [9.17, 15) is 14.7 Å². The van der Waals surface area contributed by atoms with Gasteiger partial charge in [0, 0.05) is 19.0 Å². The van der Waals surface area contributed by atoms with E-state index in [0.29, 0.717) is 25.9 Å². The molecule has 27 heavy (non-hydrogen) atoms. The number of likely N-dealkylation sites (tertiary alicyclic amines) is 1. The molecule has 2 atom stereocenters. The minimum absolute atomic E-state index is 0.264. The van der Waals surface area contributed by atoms with E-state index in [4.69, 9.17) is 4.74 Å². The molecule has 0 spiro atoms. The maximum absolute atomic E-state index is 12.6. The van der Waals surface area contributed by atoms with Crippen molar-refractivity contribution in [3.8, 4) is 0 Å². The van der Waals surface area contributed by atoms with Crippen LogP contribution in [0.15, 0.2) is 24.3 Å². The van der Waals surface area contributed by atoms with Crippen molar-refractivity contribution in [3.63, 3.8) is 0 Å². The normalized spacial score (nSPS) is 23.4. The topological polar surface area (TPSA) is 66.8 Å². The molecule has 150 valence electrons. The van der Waals surface area contributed by atoms with Crippen molar-refractivity contribution in [2.75, 3.05) is 13.1 Å². The molecule has 1 amide bonds. The van der Waals surface area contributed by atoms with E-state index in [0.717, 1.165) is 11.1 Å². The maximum atomic E-state index is 12.6. The fourth-order valence-corrected chi connectivity index (χ4v) is 4.07. The van der Waals surface area contributed by atoms with E-state index in [-0.39, 0.29) is 17.9 Å². The lowest BCUT2D eigenvalue weighted by atomic mass is 9.64. The van der Waals surface area contributed by atoms with E-state index >= 15 is 0 Å². The second-order valence-electron chi connectivity index (χ2n) is 8.83. The van der Waals surface area contributed by atoms with Crippen LogP contribution in [-0.4, -0.2) is 40.8 Å². The third-order valence-corrected chi connectivity index (χ3v) is 5.60. The first-order valence-corrected chi connectivity index (χ1v) is 9.82. The van der Waals surface area contributed by atoms with Gasteiger partial charge in [-0.3, -0.25) is 4.79 Å². The Morgan fingerprint density at radius 3 is 2.44 bits per heavy atom. The van der Waals surface area contributed by atoms with Gasteiger partial charge in [-0.05, 0) is 50.7 Å². The number of benzene rings is 1. The number of ether oxygens (including phenoxy) is 1. The van der Waals surface area contributed by atoms with Gasteiger partial charge in [0.25, 0.3) is 0 Å². The van der Waals surface area contributed by atoms with Crippen molar-refractivity contribution < 1.29 is 19.4 Å². The molecule has 5 heteroatoms. The number of piperidine rings is 1. The summed E-state index contributed by atoms with van der Waals surface area (Å²) in [7, 11) is 0. The standard InChI is InChI=1S/C22H33NO4/c1-7-22(19(24)25)12-13-23(20(26)27-21(4,5)6)14-18(22)17-11-9-8-10-16(17)15(2)3/h8-11,15,18H,7,12-14H2,1-6H3,(H,24,25)/t18-,22+/m0/s1. The van der Waals surface area contributed by atoms with E-state index in [1.807, 2.05) is 45.9 Å². The predicted octanol–water partition coefficient (Wildman–Crippen LogP) is 5.02. The molecule has 1 aliphatic rings. The molecule has 1 N–H and O–H groups in total. The Hall–Kier alpha value is -2.04. The first-order chi connectivity index (χ1) is 12.5. The summed E-state index contributed by atoms with van der Waals surface area (Å²) in [6.45, 7) is 12.4. The Morgan fingerprint density at radius 1 is 1.30 bits per heavy atom. The quantitative estimate of drug-likeness (QED) is 0.803. The molecule has 1 fully saturated rings. The Bertz CT molecular complexity index is 692. The summed E-state index contributed by atoms with van der Waals surface area (Å²) in [4.78, 5) is 26.6. The van der Waals surface area contributed by atoms with Gasteiger partial charge >= 0.3 is 12.1 Å². The minimum atomic E-state index is -0.872. The van der Waals surface area contributed by atoms with Crippen molar-refractivity contribution in [1.29, 1.82) is 0 Å². The van der Waals surface area contributed by atoms with Gasteiger partial charge < -0.3 is 14.7 Å². The number of carboxylic acid groups (broad SMARTS) is 1. The van der Waals surface area contributed by atoms with E-state index in [2.05, 4.69) is 19.9 Å². The molecule has 1 heterocycles. The van der Waals surface area contributed by atoms with Gasteiger partial charge in [-0.25, -0.2) is 4.79 Å². The lowest BCUT2D eigenvalue weighted by Crippen LogP contribution is -2.52. The molecule has 1 aromatic carbocycles. The van der Waals surface area contributed by atoms with Crippen molar-refractivity contribution in [3.05, 3.63) is 35.4 Å². The average Bonchev–Trinajstić information content (AvgIpc) is 2.59. The van der Waals surface area contributed by atoms with Gasteiger partial charge in [-0.2, -0.15) is 0 Å². The number of nitrogens with zero attached hydrogens (tertiary/aromatic N) is 1. The van der Waals surface area contributed by atoms with Crippen molar-refractivity contribution in [2.45, 2.75) is 71.8 Å². The monoisotopic (exact) mass is 375 g/mol. The van der Waals surface area contributed by atoms with Crippen LogP contribution in [0, 0.1) is 5.41 Å². The highest BCUT2D eigenvalue weighted by molar-refractivity contribution is 5.77. The van der Waals surface area contributed by atoms with Crippen LogP contribution in [0.1, 0.15) is 77.3 Å². The van der Waals surface area contributed by atoms with E-state index in [1.165, 1.54) is 0 Å². The molecule has 2 rings (SSSR count). The molecule has 0 bridgehead atoms. The molecule has 5 nitrogen and oxygen atoms in total. The Kier molecular flexibility index (Phi) is 6.23. The third-order valence-electron chi connectivity index (χ3n) is 5.60. The number of amides is 1. The van der Waals surface area contributed by atoms with Crippen molar-refractivity contribution >= 4 is 12.1 Å². The lowest BCUT2D eigenvalue weighted by molar-refractivity contribution is -0.154. The summed E-state index contributed by atoms with van der Waals surface area (Å²) in [5.74, 6) is -0.765. The lowest BCUT2D eigenvalue weighted by Gasteiger charge is -2.46. The molecule has 0 aromatic heterocycles. The fourth-order valence-electron chi connectivity index (χ4n) is 4.07. The fraction of sp³-hybridized carbons (Fsp3) is 0.636. The van der Waals surface area contributed by atoms with Crippen LogP contribution < -0.4 is 0 Å². The molecule has 1 saturated heterocycles. The number of aliphatic carboxylic acids is 1. The van der Waals surface area contributed by atoms with Crippen LogP contribution in [0.5, 0.6) is 0 Å². The number of carboxylic acids is 1. The minimum Gasteiger partial charge on any atom is -0.481 e. The van der Waals surface area contributed by atoms with Gasteiger partial charge in [0.2, 0.25) is 0 Å². The summed E-state index contributed by atoms with van der Waals surface area (Å²) in [5.41, 5.74) is 0.732. The SMILES string of the molecule is CC[C@@]1(C(=O)O)CCN(C(=O)OC(C)(C)C)C[C@H]1c1ccccc1C(C)C. The highest BCUT2D eigenvalue weighted by atomic mass is 16.6. The van der Waals surface area contributed by atoms with Gasteiger partial charge in [-0.15, -0.1) is 0 Å². The average molecular weight is 376 g/mol. The van der Waals surface area contributed by atoms with E-state index < -0.39 is 17.0 Å². The van der Waals surface area contributed by atoms with Crippen LogP contribution >= 0.6 is 0 Å². The molecular formula is C22H33NO4. The maximum Gasteiger partial charge on any atom is 0.410 e. The van der Waals surface area contributed by atoms with Gasteiger partial charge in [0.15, 0.2) is 0 Å². The zero-order chi connectivity index (χ0) is 20.4. The number of carbonyl (C=O) groups is 2. The molecule has 0 unspecified atom stereocenters.